The lowest BCUT2D eigenvalue weighted by Crippen LogP contribution is -2.23. The lowest BCUT2D eigenvalue weighted by Gasteiger charge is -2.16. The second-order valence-corrected chi connectivity index (χ2v) is 4.48. The molecular formula is C10H16N4O2S. The van der Waals surface area contributed by atoms with Crippen molar-refractivity contribution in [1.82, 2.24) is 5.32 Å². The highest BCUT2D eigenvalue weighted by Crippen LogP contribution is 2.37. The molecule has 1 aromatic rings. The Balaban J connectivity index is 3.42. The summed E-state index contributed by atoms with van der Waals surface area (Å²) in [6.07, 6.45) is 0. The summed E-state index contributed by atoms with van der Waals surface area (Å²) in [6.45, 7) is 2.63. The Hall–Kier alpha value is -1.76. The Bertz CT molecular complexity index is 455. The number of amides is 2. The molecule has 94 valence electrons. The summed E-state index contributed by atoms with van der Waals surface area (Å²) in [5.41, 5.74) is 11.5. The predicted octanol–water partition coefficient (Wildman–Crippen LogP) is 0.245. The molecular weight excluding hydrogens is 240 g/mol. The van der Waals surface area contributed by atoms with Gasteiger partial charge in [0.05, 0.1) is 11.3 Å². The number of carbonyl (C=O) groups is 2. The maximum atomic E-state index is 11.7. The van der Waals surface area contributed by atoms with Crippen LogP contribution in [-0.4, -0.2) is 32.5 Å². The zero-order chi connectivity index (χ0) is 13.2. The van der Waals surface area contributed by atoms with E-state index < -0.39 is 5.91 Å². The van der Waals surface area contributed by atoms with Crippen molar-refractivity contribution in [3.8, 4) is 0 Å². The smallest absolute Gasteiger partial charge is 0.260 e. The zero-order valence-corrected chi connectivity index (χ0v) is 10.9. The van der Waals surface area contributed by atoms with Crippen LogP contribution in [0.25, 0.3) is 0 Å². The van der Waals surface area contributed by atoms with E-state index in [9.17, 15) is 9.59 Å². The molecule has 1 heterocycles. The third kappa shape index (κ3) is 2.33. The van der Waals surface area contributed by atoms with Gasteiger partial charge in [0, 0.05) is 20.6 Å². The maximum absolute atomic E-state index is 11.7. The molecule has 1 rings (SSSR count). The highest BCUT2D eigenvalue weighted by Gasteiger charge is 2.25. The molecule has 0 aromatic carbocycles. The molecule has 0 spiro atoms. The van der Waals surface area contributed by atoms with Crippen molar-refractivity contribution >= 4 is 33.8 Å². The molecule has 2 amide bonds. The largest absolute Gasteiger partial charge is 0.397 e. The van der Waals surface area contributed by atoms with Gasteiger partial charge in [-0.1, -0.05) is 0 Å². The van der Waals surface area contributed by atoms with Gasteiger partial charge in [0.2, 0.25) is 0 Å². The lowest BCUT2D eigenvalue weighted by molar-refractivity contribution is 0.0964. The van der Waals surface area contributed by atoms with Crippen molar-refractivity contribution in [2.45, 2.75) is 6.92 Å². The van der Waals surface area contributed by atoms with E-state index in [1.807, 2.05) is 18.9 Å². The molecule has 0 aliphatic carbocycles. The van der Waals surface area contributed by atoms with E-state index in [1.54, 1.807) is 0 Å². The first-order valence-electron chi connectivity index (χ1n) is 5.09. The second-order valence-electron chi connectivity index (χ2n) is 3.48. The number of nitrogen functional groups attached to an aromatic ring is 1. The third-order valence-corrected chi connectivity index (χ3v) is 3.76. The van der Waals surface area contributed by atoms with E-state index in [-0.39, 0.29) is 16.5 Å². The number of rotatable bonds is 4. The molecule has 6 nitrogen and oxygen atoms in total. The summed E-state index contributed by atoms with van der Waals surface area (Å²) in [5, 5.41) is 3.15. The van der Waals surface area contributed by atoms with Gasteiger partial charge in [-0.3, -0.25) is 9.59 Å². The van der Waals surface area contributed by atoms with Gasteiger partial charge in [0.15, 0.2) is 0 Å². The highest BCUT2D eigenvalue weighted by molar-refractivity contribution is 7.19. The quantitative estimate of drug-likeness (QED) is 0.718. The molecule has 1 aromatic heterocycles. The number of thiophene rings is 1. The number of carbonyl (C=O) groups excluding carboxylic acids is 2. The fourth-order valence-electron chi connectivity index (χ4n) is 1.37. The van der Waals surface area contributed by atoms with Crippen LogP contribution < -0.4 is 21.7 Å². The number of nitrogens with zero attached hydrogens (tertiary/aromatic N) is 1. The van der Waals surface area contributed by atoms with Crippen molar-refractivity contribution < 1.29 is 9.59 Å². The van der Waals surface area contributed by atoms with Crippen molar-refractivity contribution in [1.29, 1.82) is 0 Å². The highest BCUT2D eigenvalue weighted by atomic mass is 32.1. The average Bonchev–Trinajstić information content (AvgIpc) is 2.65. The van der Waals surface area contributed by atoms with Gasteiger partial charge in [-0.15, -0.1) is 11.3 Å². The van der Waals surface area contributed by atoms with E-state index in [2.05, 4.69) is 5.32 Å². The number of hydrogen-bond donors (Lipinski definition) is 3. The first-order valence-corrected chi connectivity index (χ1v) is 5.90. The van der Waals surface area contributed by atoms with Crippen LogP contribution in [0.3, 0.4) is 0 Å². The molecule has 7 heteroatoms. The summed E-state index contributed by atoms with van der Waals surface area (Å²) >= 11 is 1.14. The summed E-state index contributed by atoms with van der Waals surface area (Å²) in [6, 6.07) is 0. The number of nitrogens with one attached hydrogen (secondary N) is 1. The number of anilines is 2. The Morgan fingerprint density at radius 2 is 2.06 bits per heavy atom. The van der Waals surface area contributed by atoms with Crippen LogP contribution in [0.15, 0.2) is 0 Å². The molecule has 0 unspecified atom stereocenters. The molecule has 0 saturated heterocycles. The molecule has 0 saturated carbocycles. The minimum Gasteiger partial charge on any atom is -0.397 e. The molecule has 0 atom stereocenters. The fraction of sp³-hybridized carbons (Fsp3) is 0.400. The summed E-state index contributed by atoms with van der Waals surface area (Å²) in [5.74, 6) is -0.935. The molecule has 0 radical (unpaired) electrons. The van der Waals surface area contributed by atoms with Gasteiger partial charge in [0.1, 0.15) is 9.88 Å². The zero-order valence-electron chi connectivity index (χ0n) is 10.0. The second kappa shape index (κ2) is 5.05. The third-order valence-electron chi connectivity index (χ3n) is 2.43. The predicted molar refractivity (Wildman–Crippen MR) is 69.6 cm³/mol. The van der Waals surface area contributed by atoms with Crippen LogP contribution in [0.5, 0.6) is 0 Å². The minimum atomic E-state index is -0.617. The van der Waals surface area contributed by atoms with Crippen LogP contribution in [0.4, 0.5) is 10.7 Å². The monoisotopic (exact) mass is 256 g/mol. The van der Waals surface area contributed by atoms with E-state index >= 15 is 0 Å². The first kappa shape index (κ1) is 13.3. The standard InChI is InChI=1S/C10H16N4O2S/c1-4-14(3)10-5(9(16)13-2)6(11)7(17-10)8(12)15/h4,11H2,1-3H3,(H2,12,15)(H,13,16). The molecule has 17 heavy (non-hydrogen) atoms. The van der Waals surface area contributed by atoms with E-state index in [0.717, 1.165) is 11.3 Å². The molecule has 5 N–H and O–H groups in total. The Morgan fingerprint density at radius 1 is 1.47 bits per heavy atom. The van der Waals surface area contributed by atoms with Gasteiger partial charge >= 0.3 is 0 Å². The SMILES string of the molecule is CCN(C)c1sc(C(N)=O)c(N)c1C(=O)NC. The van der Waals surface area contributed by atoms with Gasteiger partial charge < -0.3 is 21.7 Å². The lowest BCUT2D eigenvalue weighted by atomic mass is 10.2. The average molecular weight is 256 g/mol. The summed E-state index contributed by atoms with van der Waals surface area (Å²) < 4.78 is 0. The van der Waals surface area contributed by atoms with E-state index in [1.165, 1.54) is 7.05 Å². The molecule has 0 aliphatic rings. The fourth-order valence-corrected chi connectivity index (χ4v) is 2.47. The first-order chi connectivity index (χ1) is 7.93. The Labute approximate surface area is 104 Å². The number of hydrogen-bond acceptors (Lipinski definition) is 5. The molecule has 0 fully saturated rings. The van der Waals surface area contributed by atoms with Gasteiger partial charge in [-0.05, 0) is 6.92 Å². The van der Waals surface area contributed by atoms with Crippen LogP contribution >= 0.6 is 11.3 Å². The van der Waals surface area contributed by atoms with Crippen molar-refractivity contribution in [2.24, 2.45) is 5.73 Å². The topological polar surface area (TPSA) is 101 Å². The van der Waals surface area contributed by atoms with E-state index in [4.69, 9.17) is 11.5 Å². The normalized spacial score (nSPS) is 10.1. The minimum absolute atomic E-state index is 0.150. The van der Waals surface area contributed by atoms with Gasteiger partial charge in [-0.25, -0.2) is 0 Å². The Morgan fingerprint density at radius 3 is 2.47 bits per heavy atom. The molecule has 0 aliphatic heterocycles. The number of nitrogens with two attached hydrogens (primary N) is 2. The van der Waals surface area contributed by atoms with Crippen LogP contribution in [0, 0.1) is 0 Å². The van der Waals surface area contributed by atoms with Crippen LogP contribution in [0.1, 0.15) is 27.0 Å². The van der Waals surface area contributed by atoms with Crippen LogP contribution in [0.2, 0.25) is 0 Å². The van der Waals surface area contributed by atoms with E-state index in [0.29, 0.717) is 17.1 Å². The van der Waals surface area contributed by atoms with Crippen molar-refractivity contribution in [2.75, 3.05) is 31.3 Å². The number of primary amides is 1. The van der Waals surface area contributed by atoms with Crippen molar-refractivity contribution in [3.63, 3.8) is 0 Å². The summed E-state index contributed by atoms with van der Waals surface area (Å²) in [4.78, 5) is 25.0. The Kier molecular flexibility index (Phi) is 3.95. The van der Waals surface area contributed by atoms with Crippen molar-refractivity contribution in [3.05, 3.63) is 10.4 Å². The van der Waals surface area contributed by atoms with Gasteiger partial charge in [-0.2, -0.15) is 0 Å². The molecule has 0 bridgehead atoms. The van der Waals surface area contributed by atoms with Crippen LogP contribution in [-0.2, 0) is 0 Å². The maximum Gasteiger partial charge on any atom is 0.260 e. The summed E-state index contributed by atoms with van der Waals surface area (Å²) in [7, 11) is 3.33. The van der Waals surface area contributed by atoms with Gasteiger partial charge in [0.25, 0.3) is 11.8 Å².